The Labute approximate surface area is 152 Å². The van der Waals surface area contributed by atoms with Gasteiger partial charge in [0.2, 0.25) is 0 Å². The molecule has 0 radical (unpaired) electrons. The van der Waals surface area contributed by atoms with Gasteiger partial charge in [0.25, 0.3) is 0 Å². The molecule has 2 heteroatoms. The van der Waals surface area contributed by atoms with Gasteiger partial charge < -0.3 is 9.80 Å². The fourth-order valence-corrected chi connectivity index (χ4v) is 3.64. The first kappa shape index (κ1) is 21.4. The molecule has 0 saturated carbocycles. The lowest BCUT2D eigenvalue weighted by molar-refractivity contribution is 0.165. The Morgan fingerprint density at radius 1 is 0.542 bits per heavy atom. The molecule has 0 unspecified atom stereocenters. The topological polar surface area (TPSA) is 6.48 Å². The first-order valence-electron chi connectivity index (χ1n) is 11.0. The predicted octanol–water partition coefficient (Wildman–Crippen LogP) is 6.92. The van der Waals surface area contributed by atoms with Crippen molar-refractivity contribution in [2.24, 2.45) is 0 Å². The maximum absolute atomic E-state index is 2.54. The van der Waals surface area contributed by atoms with Crippen LogP contribution in [-0.2, 0) is 0 Å². The second-order valence-corrected chi connectivity index (χ2v) is 7.65. The fourth-order valence-electron chi connectivity index (χ4n) is 3.64. The van der Waals surface area contributed by atoms with Crippen LogP contribution in [0.4, 0.5) is 0 Å². The summed E-state index contributed by atoms with van der Waals surface area (Å²) in [5.74, 6) is 0. The van der Waals surface area contributed by atoms with Crippen molar-refractivity contribution in [2.45, 2.75) is 117 Å². The van der Waals surface area contributed by atoms with Crippen LogP contribution in [-0.4, -0.2) is 29.1 Å². The van der Waals surface area contributed by atoms with Crippen LogP contribution in [0.2, 0.25) is 0 Å². The summed E-state index contributed by atoms with van der Waals surface area (Å²) in [4.78, 5) is 5.07. The molecule has 0 fully saturated rings. The molecule has 1 aliphatic rings. The lowest BCUT2D eigenvalue weighted by Gasteiger charge is -2.30. The van der Waals surface area contributed by atoms with Crippen molar-refractivity contribution in [3.8, 4) is 0 Å². The Hall–Kier alpha value is -0.660. The second-order valence-electron chi connectivity index (χ2n) is 7.65. The van der Waals surface area contributed by atoms with E-state index in [9.17, 15) is 0 Å². The third kappa shape index (κ3) is 9.59. The summed E-state index contributed by atoms with van der Waals surface area (Å²) >= 11 is 0. The van der Waals surface area contributed by atoms with Gasteiger partial charge in [0.05, 0.1) is 6.17 Å². The number of rotatable bonds is 16. The van der Waals surface area contributed by atoms with Crippen molar-refractivity contribution < 1.29 is 0 Å². The van der Waals surface area contributed by atoms with Gasteiger partial charge in [-0.15, -0.1) is 0 Å². The van der Waals surface area contributed by atoms with E-state index in [4.69, 9.17) is 0 Å². The predicted molar refractivity (Wildman–Crippen MR) is 108 cm³/mol. The average molecular weight is 337 g/mol. The van der Waals surface area contributed by atoms with Crippen molar-refractivity contribution in [1.82, 2.24) is 9.80 Å². The third-order valence-electron chi connectivity index (χ3n) is 5.45. The van der Waals surface area contributed by atoms with Crippen molar-refractivity contribution in [1.29, 1.82) is 0 Å². The highest BCUT2D eigenvalue weighted by Gasteiger charge is 2.20. The van der Waals surface area contributed by atoms with Gasteiger partial charge in [-0.3, -0.25) is 0 Å². The lowest BCUT2D eigenvalue weighted by atomic mass is 10.1. The summed E-state index contributed by atoms with van der Waals surface area (Å²) in [6.45, 7) is 9.42. The van der Waals surface area contributed by atoms with Crippen LogP contribution in [0, 0.1) is 0 Å². The van der Waals surface area contributed by atoms with Crippen LogP contribution in [0.3, 0.4) is 0 Å². The number of unbranched alkanes of at least 4 members (excludes halogenated alkanes) is 12. The van der Waals surface area contributed by atoms with E-state index in [2.05, 4.69) is 43.0 Å². The number of hydrogen-bond donors (Lipinski definition) is 0. The zero-order chi connectivity index (χ0) is 17.5. The summed E-state index contributed by atoms with van der Waals surface area (Å²) in [5, 5.41) is 0. The number of hydrogen-bond acceptors (Lipinski definition) is 2. The van der Waals surface area contributed by atoms with E-state index in [1.54, 1.807) is 0 Å². The third-order valence-corrected chi connectivity index (χ3v) is 5.45. The Morgan fingerprint density at radius 2 is 0.875 bits per heavy atom. The quantitative estimate of drug-likeness (QED) is 0.282. The summed E-state index contributed by atoms with van der Waals surface area (Å²) in [6, 6.07) is 0. The monoisotopic (exact) mass is 336 g/mol. The van der Waals surface area contributed by atoms with Crippen LogP contribution in [0.15, 0.2) is 12.4 Å². The van der Waals surface area contributed by atoms with Crippen LogP contribution < -0.4 is 0 Å². The van der Waals surface area contributed by atoms with Gasteiger partial charge >= 0.3 is 0 Å². The normalized spacial score (nSPS) is 15.0. The van der Waals surface area contributed by atoms with E-state index in [-0.39, 0.29) is 0 Å². The highest BCUT2D eigenvalue weighted by atomic mass is 15.4. The van der Waals surface area contributed by atoms with Crippen LogP contribution in [0.25, 0.3) is 0 Å². The lowest BCUT2D eigenvalue weighted by Crippen LogP contribution is -2.36. The van der Waals surface area contributed by atoms with E-state index in [0.717, 1.165) is 0 Å². The smallest absolute Gasteiger partial charge is 0.0977 e. The molecule has 0 aromatic carbocycles. The van der Waals surface area contributed by atoms with Crippen LogP contribution >= 0.6 is 0 Å². The molecule has 0 amide bonds. The first-order valence-corrected chi connectivity index (χ1v) is 11.0. The SMILES string of the molecule is CCCCCCCCCN1C=CN(CCCCCCCCC)C1C. The van der Waals surface area contributed by atoms with Crippen molar-refractivity contribution in [3.05, 3.63) is 12.4 Å². The molecule has 0 spiro atoms. The van der Waals surface area contributed by atoms with E-state index < -0.39 is 0 Å². The Bertz CT molecular complexity index is 272. The summed E-state index contributed by atoms with van der Waals surface area (Å²) in [7, 11) is 0. The molecule has 1 aliphatic heterocycles. The molecule has 2 nitrogen and oxygen atoms in total. The van der Waals surface area contributed by atoms with Gasteiger partial charge in [-0.2, -0.15) is 0 Å². The van der Waals surface area contributed by atoms with E-state index >= 15 is 0 Å². The van der Waals surface area contributed by atoms with Gasteiger partial charge in [-0.25, -0.2) is 0 Å². The highest BCUT2D eigenvalue weighted by Crippen LogP contribution is 2.18. The second kappa shape index (κ2) is 14.7. The summed E-state index contributed by atoms with van der Waals surface area (Å²) in [5.41, 5.74) is 0. The molecule has 24 heavy (non-hydrogen) atoms. The Morgan fingerprint density at radius 3 is 1.25 bits per heavy atom. The Kier molecular flexibility index (Phi) is 13.1. The van der Waals surface area contributed by atoms with Crippen LogP contribution in [0.1, 0.15) is 111 Å². The molecule has 0 atom stereocenters. The van der Waals surface area contributed by atoms with Gasteiger partial charge in [0.15, 0.2) is 0 Å². The molecule has 142 valence electrons. The van der Waals surface area contributed by atoms with Gasteiger partial charge in [-0.05, 0) is 19.8 Å². The average Bonchev–Trinajstić information content (AvgIpc) is 2.93. The highest BCUT2D eigenvalue weighted by molar-refractivity contribution is 4.95. The van der Waals surface area contributed by atoms with Gasteiger partial charge in [-0.1, -0.05) is 90.9 Å². The maximum atomic E-state index is 2.54. The molecule has 0 N–H and O–H groups in total. The molecular weight excluding hydrogens is 292 g/mol. The fraction of sp³-hybridized carbons (Fsp3) is 0.909. The standard InChI is InChI=1S/C22H44N2/c1-4-6-8-10-12-14-16-18-23-20-21-24(22(23)3)19-17-15-13-11-9-7-5-2/h20-22H,4-19H2,1-3H3. The van der Waals surface area contributed by atoms with Crippen LogP contribution in [0.5, 0.6) is 0 Å². The largest absolute Gasteiger partial charge is 0.356 e. The van der Waals surface area contributed by atoms with E-state index in [1.165, 1.54) is 103 Å². The van der Waals surface area contributed by atoms with E-state index in [1.807, 2.05) is 0 Å². The van der Waals surface area contributed by atoms with E-state index in [0.29, 0.717) is 6.17 Å². The molecule has 1 rings (SSSR count). The number of nitrogens with zero attached hydrogens (tertiary/aromatic N) is 2. The van der Waals surface area contributed by atoms with Gasteiger partial charge in [0, 0.05) is 25.5 Å². The zero-order valence-corrected chi connectivity index (χ0v) is 16.9. The Balaban J connectivity index is 1.98. The molecule has 0 aliphatic carbocycles. The molecule has 0 aromatic rings. The van der Waals surface area contributed by atoms with Gasteiger partial charge in [0.1, 0.15) is 0 Å². The molecule has 0 saturated heterocycles. The first-order chi connectivity index (χ1) is 11.8. The minimum Gasteiger partial charge on any atom is -0.356 e. The summed E-state index contributed by atoms with van der Waals surface area (Å²) in [6.07, 6.45) is 24.8. The molecule has 0 aromatic heterocycles. The van der Waals surface area contributed by atoms with Crippen molar-refractivity contribution >= 4 is 0 Å². The molecule has 1 heterocycles. The maximum Gasteiger partial charge on any atom is 0.0977 e. The zero-order valence-electron chi connectivity index (χ0n) is 16.9. The minimum absolute atomic E-state index is 0.574. The minimum atomic E-state index is 0.574. The summed E-state index contributed by atoms with van der Waals surface area (Å²) < 4.78 is 0. The van der Waals surface area contributed by atoms with Crippen molar-refractivity contribution in [2.75, 3.05) is 13.1 Å². The molecular formula is C22H44N2. The van der Waals surface area contributed by atoms with Crippen molar-refractivity contribution in [3.63, 3.8) is 0 Å². The molecule has 0 bridgehead atoms.